The van der Waals surface area contributed by atoms with Crippen LogP contribution in [-0.4, -0.2) is 61.0 Å². The van der Waals surface area contributed by atoms with Crippen LogP contribution in [0.15, 0.2) is 39.5 Å². The van der Waals surface area contributed by atoms with Gasteiger partial charge < -0.3 is 19.0 Å². The highest BCUT2D eigenvalue weighted by atomic mass is 16.5. The van der Waals surface area contributed by atoms with Gasteiger partial charge in [-0.15, -0.1) is 0 Å². The number of para-hydroxylation sites is 1. The molecule has 0 N–H and O–H groups in total. The maximum Gasteiger partial charge on any atom is 0.289 e. The molecule has 152 valence electrons. The van der Waals surface area contributed by atoms with E-state index >= 15 is 0 Å². The molecule has 3 aliphatic rings. The summed E-state index contributed by atoms with van der Waals surface area (Å²) in [5.41, 5.74) is 0.221. The van der Waals surface area contributed by atoms with E-state index in [9.17, 15) is 14.4 Å². The van der Waals surface area contributed by atoms with Crippen molar-refractivity contribution in [1.82, 2.24) is 9.80 Å². The molecule has 3 fully saturated rings. The van der Waals surface area contributed by atoms with Crippen molar-refractivity contribution in [3.05, 3.63) is 46.3 Å². The number of rotatable bonds is 2. The van der Waals surface area contributed by atoms with E-state index in [0.29, 0.717) is 50.4 Å². The van der Waals surface area contributed by atoms with Crippen LogP contribution in [0.2, 0.25) is 0 Å². The van der Waals surface area contributed by atoms with Crippen LogP contribution in [0.25, 0.3) is 11.0 Å². The lowest BCUT2D eigenvalue weighted by Crippen LogP contribution is -2.40. The molecule has 5 rings (SSSR count). The van der Waals surface area contributed by atoms with E-state index in [0.717, 1.165) is 12.8 Å². The SMILES string of the molecule is O=C(c1cc(=O)c2ccccc2o1)N1CC2CN(C(=O)C3CCOCC3)CC2C1. The molecule has 2 aromatic rings. The molecule has 7 heteroatoms. The van der Waals surface area contributed by atoms with Crippen LogP contribution >= 0.6 is 0 Å². The zero-order chi connectivity index (χ0) is 20.0. The Morgan fingerprint density at radius 2 is 1.59 bits per heavy atom. The molecule has 29 heavy (non-hydrogen) atoms. The van der Waals surface area contributed by atoms with Gasteiger partial charge in [-0.3, -0.25) is 14.4 Å². The predicted octanol–water partition coefficient (Wildman–Crippen LogP) is 1.75. The Bertz CT molecular complexity index is 996. The fourth-order valence-corrected chi connectivity index (χ4v) is 4.91. The number of fused-ring (bicyclic) bond motifs is 2. The van der Waals surface area contributed by atoms with E-state index in [-0.39, 0.29) is 40.8 Å². The van der Waals surface area contributed by atoms with Crippen molar-refractivity contribution in [2.75, 3.05) is 39.4 Å². The van der Waals surface area contributed by atoms with Gasteiger partial charge in [0, 0.05) is 63.2 Å². The molecule has 2 atom stereocenters. The van der Waals surface area contributed by atoms with E-state index < -0.39 is 0 Å². The van der Waals surface area contributed by atoms with Gasteiger partial charge in [-0.05, 0) is 25.0 Å². The number of benzene rings is 1. The lowest BCUT2D eigenvalue weighted by molar-refractivity contribution is -0.137. The van der Waals surface area contributed by atoms with E-state index in [1.807, 2.05) is 4.90 Å². The summed E-state index contributed by atoms with van der Waals surface area (Å²) < 4.78 is 11.1. The van der Waals surface area contributed by atoms with Crippen LogP contribution in [0.4, 0.5) is 0 Å². The molecule has 3 aliphatic heterocycles. The summed E-state index contributed by atoms with van der Waals surface area (Å²) in [5, 5.41) is 0.476. The van der Waals surface area contributed by atoms with Crippen LogP contribution in [0.5, 0.6) is 0 Å². The first-order valence-corrected chi connectivity index (χ1v) is 10.3. The molecule has 0 radical (unpaired) electrons. The second kappa shape index (κ2) is 7.30. The molecule has 7 nitrogen and oxygen atoms in total. The number of amides is 2. The highest BCUT2D eigenvalue weighted by Crippen LogP contribution is 2.33. The Balaban J connectivity index is 1.26. The number of nitrogens with zero attached hydrogens (tertiary/aromatic N) is 2. The Morgan fingerprint density at radius 3 is 2.31 bits per heavy atom. The Labute approximate surface area is 168 Å². The number of carbonyl (C=O) groups is 2. The lowest BCUT2D eigenvalue weighted by Gasteiger charge is -2.27. The van der Waals surface area contributed by atoms with Crippen LogP contribution in [0.1, 0.15) is 23.4 Å². The summed E-state index contributed by atoms with van der Waals surface area (Å²) in [6.45, 7) is 3.92. The quantitative estimate of drug-likeness (QED) is 0.773. The second-order valence-electron chi connectivity index (χ2n) is 8.33. The van der Waals surface area contributed by atoms with Crippen molar-refractivity contribution in [2.45, 2.75) is 12.8 Å². The highest BCUT2D eigenvalue weighted by molar-refractivity contribution is 5.93. The summed E-state index contributed by atoms with van der Waals surface area (Å²) in [6.07, 6.45) is 1.60. The average molecular weight is 396 g/mol. The fraction of sp³-hybridized carbons (Fsp3) is 0.500. The Hall–Kier alpha value is -2.67. The molecular weight excluding hydrogens is 372 g/mol. The van der Waals surface area contributed by atoms with Crippen LogP contribution in [-0.2, 0) is 9.53 Å². The maximum absolute atomic E-state index is 12.9. The van der Waals surface area contributed by atoms with Crippen LogP contribution in [0, 0.1) is 17.8 Å². The molecule has 0 bridgehead atoms. The van der Waals surface area contributed by atoms with Gasteiger partial charge >= 0.3 is 0 Å². The third-order valence-electron chi connectivity index (χ3n) is 6.50. The molecular formula is C22H24N2O5. The third kappa shape index (κ3) is 3.33. The standard InChI is InChI=1S/C22H24N2O5/c25-18-9-20(29-19-4-2-1-3-17(18)19)22(27)24-12-15-10-23(11-16(15)13-24)21(26)14-5-7-28-8-6-14/h1-4,9,14-16H,5-8,10-13H2. The number of hydrogen-bond acceptors (Lipinski definition) is 5. The van der Waals surface area contributed by atoms with Crippen molar-refractivity contribution < 1.29 is 18.7 Å². The average Bonchev–Trinajstić information content (AvgIpc) is 3.33. The normalized spacial score (nSPS) is 24.8. The fourth-order valence-electron chi connectivity index (χ4n) is 4.91. The van der Waals surface area contributed by atoms with E-state index in [1.54, 1.807) is 29.2 Å². The summed E-state index contributed by atoms with van der Waals surface area (Å²) in [5.74, 6) is 0.728. The lowest BCUT2D eigenvalue weighted by atomic mass is 9.99. The monoisotopic (exact) mass is 396 g/mol. The second-order valence-corrected chi connectivity index (χ2v) is 8.33. The van der Waals surface area contributed by atoms with E-state index in [2.05, 4.69) is 0 Å². The molecule has 0 spiro atoms. The Kier molecular flexibility index (Phi) is 4.62. The molecule has 0 aliphatic carbocycles. The van der Waals surface area contributed by atoms with Gasteiger partial charge in [0.1, 0.15) is 5.58 Å². The van der Waals surface area contributed by atoms with Gasteiger partial charge in [0.15, 0.2) is 11.2 Å². The first-order valence-electron chi connectivity index (χ1n) is 10.3. The minimum absolute atomic E-state index is 0.0761. The van der Waals surface area contributed by atoms with Gasteiger partial charge in [0.2, 0.25) is 5.91 Å². The minimum atomic E-state index is -0.246. The van der Waals surface area contributed by atoms with Gasteiger partial charge in [-0.2, -0.15) is 0 Å². The zero-order valence-corrected chi connectivity index (χ0v) is 16.2. The van der Waals surface area contributed by atoms with Crippen molar-refractivity contribution in [3.8, 4) is 0 Å². The summed E-state index contributed by atoms with van der Waals surface area (Å²) >= 11 is 0. The minimum Gasteiger partial charge on any atom is -0.451 e. The topological polar surface area (TPSA) is 80.1 Å². The molecule has 2 amide bonds. The van der Waals surface area contributed by atoms with Crippen molar-refractivity contribution >= 4 is 22.8 Å². The summed E-state index contributed by atoms with van der Waals surface area (Å²) in [7, 11) is 0. The van der Waals surface area contributed by atoms with Gasteiger partial charge in [-0.1, -0.05) is 12.1 Å². The van der Waals surface area contributed by atoms with Crippen LogP contribution < -0.4 is 5.43 Å². The van der Waals surface area contributed by atoms with Gasteiger partial charge in [0.25, 0.3) is 5.91 Å². The number of likely N-dealkylation sites (tertiary alicyclic amines) is 2. The largest absolute Gasteiger partial charge is 0.451 e. The molecule has 0 saturated carbocycles. The molecule has 4 heterocycles. The van der Waals surface area contributed by atoms with Crippen molar-refractivity contribution in [3.63, 3.8) is 0 Å². The maximum atomic E-state index is 12.9. The highest BCUT2D eigenvalue weighted by Gasteiger charge is 2.44. The molecule has 1 aromatic heterocycles. The van der Waals surface area contributed by atoms with Gasteiger partial charge in [-0.25, -0.2) is 0 Å². The zero-order valence-electron chi connectivity index (χ0n) is 16.2. The number of carbonyl (C=O) groups excluding carboxylic acids is 2. The third-order valence-corrected chi connectivity index (χ3v) is 6.50. The first kappa shape index (κ1) is 18.4. The molecule has 1 aromatic carbocycles. The smallest absolute Gasteiger partial charge is 0.289 e. The van der Waals surface area contributed by atoms with Crippen molar-refractivity contribution in [2.24, 2.45) is 17.8 Å². The Morgan fingerprint density at radius 1 is 0.931 bits per heavy atom. The summed E-state index contributed by atoms with van der Waals surface area (Å²) in [6, 6.07) is 8.24. The molecule has 3 saturated heterocycles. The van der Waals surface area contributed by atoms with E-state index in [1.165, 1.54) is 6.07 Å². The number of hydrogen-bond donors (Lipinski definition) is 0. The number of ether oxygens (including phenoxy) is 1. The van der Waals surface area contributed by atoms with Crippen molar-refractivity contribution in [1.29, 1.82) is 0 Å². The van der Waals surface area contributed by atoms with Crippen LogP contribution in [0.3, 0.4) is 0 Å². The molecule has 2 unspecified atom stereocenters. The first-order chi connectivity index (χ1) is 14.1. The predicted molar refractivity (Wildman–Crippen MR) is 105 cm³/mol. The van der Waals surface area contributed by atoms with Gasteiger partial charge in [0.05, 0.1) is 5.39 Å². The van der Waals surface area contributed by atoms with E-state index in [4.69, 9.17) is 9.15 Å². The summed E-state index contributed by atoms with van der Waals surface area (Å²) in [4.78, 5) is 41.7.